The van der Waals surface area contributed by atoms with Gasteiger partial charge in [-0.1, -0.05) is 42.4 Å². The van der Waals surface area contributed by atoms with E-state index in [1.165, 1.54) is 0 Å². The minimum atomic E-state index is 0.330. The molecule has 2 aromatic heterocycles. The predicted molar refractivity (Wildman–Crippen MR) is 132 cm³/mol. The molecule has 2 saturated heterocycles. The molecule has 0 bridgehead atoms. The number of rotatable bonds is 5. The smallest absolute Gasteiger partial charge is 0.147 e. The monoisotopic (exact) mass is 483 g/mol. The Kier molecular flexibility index (Phi) is 6.38. The highest BCUT2D eigenvalue weighted by atomic mass is 35.5. The lowest BCUT2D eigenvalue weighted by Gasteiger charge is -2.41. The summed E-state index contributed by atoms with van der Waals surface area (Å²) in [5, 5.41) is 5.86. The van der Waals surface area contributed by atoms with Crippen molar-refractivity contribution in [2.45, 2.75) is 49.1 Å². The van der Waals surface area contributed by atoms with Crippen molar-refractivity contribution in [1.82, 2.24) is 19.7 Å². The number of halogens is 1. The maximum Gasteiger partial charge on any atom is 0.147 e. The molecule has 2 aliphatic heterocycles. The minimum absolute atomic E-state index is 0.330. The van der Waals surface area contributed by atoms with Gasteiger partial charge in [-0.2, -0.15) is 5.10 Å². The van der Waals surface area contributed by atoms with E-state index in [1.807, 2.05) is 48.6 Å². The van der Waals surface area contributed by atoms with Gasteiger partial charge in [0, 0.05) is 43.1 Å². The molecule has 4 heterocycles. The molecule has 6 nitrogen and oxygen atoms in total. The molecule has 174 valence electrons. The third kappa shape index (κ3) is 4.63. The lowest BCUT2D eigenvalue weighted by atomic mass is 9.70. The maximum atomic E-state index is 6.74. The molecule has 2 atom stereocenters. The molecular weight excluding hydrogens is 454 g/mol. The van der Waals surface area contributed by atoms with E-state index in [9.17, 15) is 0 Å². The largest absolute Gasteiger partial charge is 0.378 e. The molecule has 5 rings (SSSR count). The van der Waals surface area contributed by atoms with Gasteiger partial charge in [0.1, 0.15) is 10.8 Å². The highest BCUT2D eigenvalue weighted by molar-refractivity contribution is 7.99. The van der Waals surface area contributed by atoms with E-state index in [-0.39, 0.29) is 0 Å². The molecular formula is C25H30ClN5OS. The number of nitrogens with zero attached hydrogens (tertiary/aromatic N) is 5. The molecule has 33 heavy (non-hydrogen) atoms. The van der Waals surface area contributed by atoms with Crippen LogP contribution in [0.15, 0.2) is 52.9 Å². The number of aryl methyl sites for hydroxylation is 1. The molecule has 2 fully saturated rings. The van der Waals surface area contributed by atoms with Gasteiger partial charge in [0.25, 0.3) is 0 Å². The van der Waals surface area contributed by atoms with E-state index in [0.717, 1.165) is 70.8 Å². The fourth-order valence-electron chi connectivity index (χ4n) is 5.04. The van der Waals surface area contributed by atoms with E-state index in [2.05, 4.69) is 34.9 Å². The van der Waals surface area contributed by atoms with Gasteiger partial charge >= 0.3 is 0 Å². The highest BCUT2D eigenvalue weighted by Crippen LogP contribution is 2.46. The van der Waals surface area contributed by atoms with Gasteiger partial charge < -0.3 is 9.64 Å². The van der Waals surface area contributed by atoms with Crippen molar-refractivity contribution in [2.24, 2.45) is 18.4 Å². The second-order valence-electron chi connectivity index (χ2n) is 9.40. The van der Waals surface area contributed by atoms with Crippen LogP contribution < -0.4 is 4.90 Å². The summed E-state index contributed by atoms with van der Waals surface area (Å²) in [7, 11) is 1.92. The van der Waals surface area contributed by atoms with Gasteiger partial charge in [-0.3, -0.25) is 4.68 Å². The second kappa shape index (κ2) is 9.28. The number of anilines is 1. The molecule has 8 heteroatoms. The van der Waals surface area contributed by atoms with Crippen molar-refractivity contribution in [3.63, 3.8) is 0 Å². The first-order chi connectivity index (χ1) is 15.9. The van der Waals surface area contributed by atoms with Crippen molar-refractivity contribution < 1.29 is 4.74 Å². The summed E-state index contributed by atoms with van der Waals surface area (Å²) in [6.45, 7) is 7.45. The van der Waals surface area contributed by atoms with Crippen LogP contribution in [0.1, 0.15) is 37.8 Å². The molecule has 0 unspecified atom stereocenters. The van der Waals surface area contributed by atoms with E-state index < -0.39 is 0 Å². The molecule has 3 aromatic rings. The standard InChI is InChI=1S/C25H30ClN5OS/c1-17-18(2)32-16-25(17)7-9-31(10-8-25)22-13-28-23(14-27-22)33-21-6-4-5-20(24(21)26)11-19-12-29-30(3)15-19/h4-6,12-15,17-18H,7-11,16H2,1-3H3/t17-,18+/m1/s1. The lowest BCUT2D eigenvalue weighted by Crippen LogP contribution is -2.44. The third-order valence-corrected chi connectivity index (χ3v) is 8.95. The molecule has 1 aromatic carbocycles. The van der Waals surface area contributed by atoms with Crippen molar-refractivity contribution >= 4 is 29.2 Å². The van der Waals surface area contributed by atoms with Crippen LogP contribution in [0, 0.1) is 11.3 Å². The molecule has 0 radical (unpaired) electrons. The Balaban J connectivity index is 1.23. The molecule has 1 spiro atoms. The average Bonchev–Trinajstić information content (AvgIpc) is 3.36. The van der Waals surface area contributed by atoms with E-state index in [0.29, 0.717) is 17.4 Å². The Morgan fingerprint density at radius 3 is 2.61 bits per heavy atom. The van der Waals surface area contributed by atoms with Gasteiger partial charge in [-0.15, -0.1) is 0 Å². The van der Waals surface area contributed by atoms with Gasteiger partial charge in [0.2, 0.25) is 0 Å². The number of aromatic nitrogens is 4. The summed E-state index contributed by atoms with van der Waals surface area (Å²) in [5.74, 6) is 1.56. The Morgan fingerprint density at radius 1 is 1.15 bits per heavy atom. The zero-order valence-corrected chi connectivity index (χ0v) is 20.9. The van der Waals surface area contributed by atoms with Crippen LogP contribution in [0.4, 0.5) is 5.82 Å². The SMILES string of the molecule is C[C@@H]1OCC2(CCN(c3cnc(Sc4cccc(Cc5cnn(C)c5)c4Cl)cn3)CC2)[C@@H]1C. The number of hydrogen-bond donors (Lipinski definition) is 0. The van der Waals surface area contributed by atoms with Crippen LogP contribution in [-0.4, -0.2) is 45.5 Å². The Morgan fingerprint density at radius 2 is 1.97 bits per heavy atom. The van der Waals surface area contributed by atoms with Crippen LogP contribution in [0.3, 0.4) is 0 Å². The minimum Gasteiger partial charge on any atom is -0.378 e. The van der Waals surface area contributed by atoms with Gasteiger partial charge in [0.05, 0.1) is 36.3 Å². The van der Waals surface area contributed by atoms with Crippen molar-refractivity contribution in [3.05, 3.63) is 59.1 Å². The number of piperidine rings is 1. The van der Waals surface area contributed by atoms with Crippen LogP contribution in [-0.2, 0) is 18.2 Å². The molecule has 2 aliphatic rings. The second-order valence-corrected chi connectivity index (χ2v) is 10.8. The first-order valence-electron chi connectivity index (χ1n) is 11.5. The maximum absolute atomic E-state index is 6.74. The normalized spacial score (nSPS) is 22.2. The molecule has 0 aliphatic carbocycles. The van der Waals surface area contributed by atoms with Crippen LogP contribution >= 0.6 is 23.4 Å². The van der Waals surface area contributed by atoms with Crippen LogP contribution in [0.25, 0.3) is 0 Å². The van der Waals surface area contributed by atoms with E-state index >= 15 is 0 Å². The Hall–Kier alpha value is -2.09. The molecule has 0 saturated carbocycles. The van der Waals surface area contributed by atoms with E-state index in [1.54, 1.807) is 11.8 Å². The topological polar surface area (TPSA) is 56.1 Å². The fourth-order valence-corrected chi connectivity index (χ4v) is 6.16. The van der Waals surface area contributed by atoms with Gasteiger partial charge in [-0.05, 0) is 42.9 Å². The quantitative estimate of drug-likeness (QED) is 0.494. The molecule has 0 amide bonds. The summed E-state index contributed by atoms with van der Waals surface area (Å²) in [6, 6.07) is 6.14. The van der Waals surface area contributed by atoms with Crippen molar-refractivity contribution in [2.75, 3.05) is 24.6 Å². The summed E-state index contributed by atoms with van der Waals surface area (Å²) in [4.78, 5) is 12.8. The summed E-state index contributed by atoms with van der Waals surface area (Å²) in [6.07, 6.45) is 11.1. The summed E-state index contributed by atoms with van der Waals surface area (Å²) in [5.41, 5.74) is 2.56. The Bertz CT molecular complexity index is 1110. The first kappa shape index (κ1) is 22.7. The van der Waals surface area contributed by atoms with Gasteiger partial charge in [0.15, 0.2) is 0 Å². The molecule has 0 N–H and O–H groups in total. The fraction of sp³-hybridized carbons (Fsp3) is 0.480. The first-order valence-corrected chi connectivity index (χ1v) is 12.7. The number of benzene rings is 1. The summed E-state index contributed by atoms with van der Waals surface area (Å²) >= 11 is 8.29. The third-order valence-electron chi connectivity index (χ3n) is 7.41. The zero-order valence-electron chi connectivity index (χ0n) is 19.4. The number of hydrogen-bond acceptors (Lipinski definition) is 6. The lowest BCUT2D eigenvalue weighted by molar-refractivity contribution is 0.0969. The van der Waals surface area contributed by atoms with Crippen LogP contribution in [0.5, 0.6) is 0 Å². The van der Waals surface area contributed by atoms with Gasteiger partial charge in [-0.25, -0.2) is 9.97 Å². The van der Waals surface area contributed by atoms with E-state index in [4.69, 9.17) is 21.3 Å². The van der Waals surface area contributed by atoms with Crippen LogP contribution in [0.2, 0.25) is 5.02 Å². The zero-order chi connectivity index (χ0) is 23.0. The predicted octanol–water partition coefficient (Wildman–Crippen LogP) is 5.25. The van der Waals surface area contributed by atoms with Crippen molar-refractivity contribution in [1.29, 1.82) is 0 Å². The summed E-state index contributed by atoms with van der Waals surface area (Å²) < 4.78 is 7.77. The average molecular weight is 484 g/mol. The Labute approximate surface area is 204 Å². The van der Waals surface area contributed by atoms with Crippen molar-refractivity contribution in [3.8, 4) is 0 Å². The highest BCUT2D eigenvalue weighted by Gasteiger charge is 2.46. The number of ether oxygens (including phenoxy) is 1.